The molecule has 7 heterocycles. The van der Waals surface area contributed by atoms with Crippen LogP contribution in [0.25, 0.3) is 22.4 Å². The smallest absolute Gasteiger partial charge is 0.446 e. The van der Waals surface area contributed by atoms with E-state index in [1.807, 2.05) is 56.4 Å². The first-order valence-electron chi connectivity index (χ1n) is 29.1. The lowest BCUT2D eigenvalue weighted by molar-refractivity contribution is -0.156. The van der Waals surface area contributed by atoms with Gasteiger partial charge in [-0.2, -0.15) is 13.2 Å². The van der Waals surface area contributed by atoms with Gasteiger partial charge in [0, 0.05) is 80.4 Å². The maximum atomic E-state index is 14.6. The lowest BCUT2D eigenvalue weighted by Gasteiger charge is -2.26. The van der Waals surface area contributed by atoms with E-state index in [1.165, 1.54) is 30.5 Å². The lowest BCUT2D eigenvalue weighted by Crippen LogP contribution is -2.34. The van der Waals surface area contributed by atoms with Gasteiger partial charge in [-0.3, -0.25) is 18.4 Å². The third-order valence-corrected chi connectivity index (χ3v) is 14.7. The molecule has 4 aliphatic rings. The van der Waals surface area contributed by atoms with Crippen LogP contribution in [0, 0.1) is 11.6 Å². The fourth-order valence-corrected chi connectivity index (χ4v) is 10.5. The summed E-state index contributed by atoms with van der Waals surface area (Å²) in [6.45, 7) is 4.68. The summed E-state index contributed by atoms with van der Waals surface area (Å²) in [6.07, 6.45) is 14.9. The first-order valence-corrected chi connectivity index (χ1v) is 28.4. The Balaban J connectivity index is 0.000000168. The second-order valence-corrected chi connectivity index (χ2v) is 20.1. The molecule has 0 unspecified atom stereocenters. The number of benzene rings is 5. The van der Waals surface area contributed by atoms with Gasteiger partial charge in [-0.25, -0.2) is 28.3 Å². The molecule has 0 radical (unpaired) electrons. The molecule has 0 bridgehead atoms. The minimum Gasteiger partial charge on any atom is -0.493 e. The number of allylic oxidation sites excluding steroid dienone is 2. The number of aryl methyl sites for hydroxylation is 2. The van der Waals surface area contributed by atoms with E-state index >= 15 is 0 Å². The Morgan fingerprint density at radius 2 is 1.08 bits per heavy atom. The Bertz CT molecular complexity index is 3910. The van der Waals surface area contributed by atoms with Crippen molar-refractivity contribution < 1.29 is 56.7 Å². The predicted molar refractivity (Wildman–Crippen MR) is 322 cm³/mol. The average Bonchev–Trinajstić information content (AvgIpc) is 2.04. The van der Waals surface area contributed by atoms with Crippen LogP contribution in [-0.2, 0) is 48.1 Å². The number of carbonyl (C=O) groups excluding carboxylic acids is 4. The number of fused-ring (bicyclic) bond motifs is 4. The molecule has 0 fully saturated rings. The quantitative estimate of drug-likeness (QED) is 0.0516. The molecule has 0 saturated heterocycles. The van der Waals surface area contributed by atoms with Crippen molar-refractivity contribution in [3.8, 4) is 11.5 Å². The number of aldehydes is 1. The highest BCUT2D eigenvalue weighted by Gasteiger charge is 2.26. The third-order valence-electron chi connectivity index (χ3n) is 14.7. The molecule has 5 aromatic carbocycles. The number of aromatic nitrogens is 8. The zero-order valence-electron chi connectivity index (χ0n) is 48.6. The molecule has 13 rings (SSSR count). The van der Waals surface area contributed by atoms with Gasteiger partial charge in [0.15, 0.2) is 11.3 Å². The first kappa shape index (κ1) is 62.7. The van der Waals surface area contributed by atoms with Crippen LogP contribution in [0.5, 0.6) is 11.5 Å². The Labute approximate surface area is 507 Å². The summed E-state index contributed by atoms with van der Waals surface area (Å²) in [4.78, 5) is 55.9. The summed E-state index contributed by atoms with van der Waals surface area (Å²) in [5, 5.41) is 16.9. The zero-order valence-corrected chi connectivity index (χ0v) is 47.6. The van der Waals surface area contributed by atoms with E-state index in [1.54, 1.807) is 92.4 Å². The number of ether oxygens (including phenoxy) is 3. The fourth-order valence-electron chi connectivity index (χ4n) is 10.5. The number of esters is 2. The number of nitrogens with zero attached hydrogens (tertiary/aromatic N) is 9. The summed E-state index contributed by atoms with van der Waals surface area (Å²) >= 11 is 0. The van der Waals surface area contributed by atoms with Crippen LogP contribution in [0.2, 0.25) is 0 Å². The molecule has 16 nitrogen and oxygen atoms in total. The topological polar surface area (TPSA) is 185 Å². The Morgan fingerprint density at radius 3 is 1.50 bits per heavy atom. The van der Waals surface area contributed by atoms with E-state index in [-0.39, 0.29) is 25.0 Å². The van der Waals surface area contributed by atoms with Crippen molar-refractivity contribution in [2.75, 3.05) is 26.3 Å². The van der Waals surface area contributed by atoms with Crippen LogP contribution in [-0.4, -0.2) is 101 Å². The van der Waals surface area contributed by atoms with Crippen LogP contribution in [0.15, 0.2) is 152 Å². The molecular formula is C67H66F5N9O7. The van der Waals surface area contributed by atoms with Crippen molar-refractivity contribution in [3.63, 3.8) is 0 Å². The van der Waals surface area contributed by atoms with Gasteiger partial charge in [0.1, 0.15) is 47.4 Å². The summed E-state index contributed by atoms with van der Waals surface area (Å²) < 4.78 is 86.2. The van der Waals surface area contributed by atoms with Gasteiger partial charge in [-0.05, 0) is 128 Å². The van der Waals surface area contributed by atoms with E-state index in [4.69, 9.17) is 25.4 Å². The number of alkyl halides is 3. The largest absolute Gasteiger partial charge is 0.493 e. The Kier molecular flexibility index (Phi) is 21.8. The van der Waals surface area contributed by atoms with Gasteiger partial charge in [0.25, 0.3) is 5.91 Å². The number of rotatable bonds is 11. The van der Waals surface area contributed by atoms with Crippen LogP contribution in [0.4, 0.5) is 22.0 Å². The molecule has 0 N–H and O–H groups in total. The van der Waals surface area contributed by atoms with Crippen LogP contribution in [0.1, 0.15) is 131 Å². The minimum absolute atomic E-state index is 0. The van der Waals surface area contributed by atoms with E-state index in [0.29, 0.717) is 87.6 Å². The summed E-state index contributed by atoms with van der Waals surface area (Å²) in [5.41, 5.74) is 10.8. The molecule has 21 heteroatoms. The predicted octanol–water partition coefficient (Wildman–Crippen LogP) is 12.9. The van der Waals surface area contributed by atoms with Gasteiger partial charge < -0.3 is 19.1 Å². The lowest BCUT2D eigenvalue weighted by atomic mass is 9.95. The van der Waals surface area contributed by atoms with Crippen molar-refractivity contribution >= 4 is 46.6 Å². The number of carbonyl (C=O) groups is 4. The Hall–Kier alpha value is -9.79. The Morgan fingerprint density at radius 1 is 0.625 bits per heavy atom. The second kappa shape index (κ2) is 30.5. The van der Waals surface area contributed by atoms with Gasteiger partial charge in [-0.1, -0.05) is 88.0 Å². The van der Waals surface area contributed by atoms with E-state index in [2.05, 4.69) is 37.5 Å². The molecule has 1 amide bonds. The standard InChI is InChI=1S/C27H24FN5O2.C21H21FN4O.C14H10O3.C2HF3O.C2H6.CH4/c28-23-7-8-24-21(12-15-35-24)20(23)6-9-25-29-16-22(26-31-30-17-33(25)26)18-10-13-32(14-11-18)27(34)19-4-2-1-3-5-19;22-18-7-8-19-16(10-11-27-19)15(18)6-9-20-23-12-17(14-4-2-1-3-5-14)21-25-24-13-26(20)21;15-13(11-7-3-1-4-8-11)17-14(16)12-9-5-2-6-10-12;3-2(4,5)1-6;1-2;/h1-5,7-8,10,16-17H,6,9,11-15H2;4,7-8,12-13H,1-3,5-6,9-11H2;1-10H;1H;1-2H3;1H4/i;;;;1D;. The molecular weight excluding hydrogens is 1140 g/mol. The molecule has 88 heavy (non-hydrogen) atoms. The van der Waals surface area contributed by atoms with Gasteiger partial charge >= 0.3 is 18.1 Å². The average molecular weight is 1210 g/mol. The molecule has 3 aliphatic heterocycles. The second-order valence-electron chi connectivity index (χ2n) is 20.1. The molecule has 9 aromatic rings. The van der Waals surface area contributed by atoms with Crippen molar-refractivity contribution in [2.45, 2.75) is 98.1 Å². The molecule has 456 valence electrons. The normalized spacial score (nSPS) is 13.8. The van der Waals surface area contributed by atoms with E-state index in [0.717, 1.165) is 93.5 Å². The van der Waals surface area contributed by atoms with Gasteiger partial charge in [0.05, 0.1) is 24.3 Å². The molecule has 1 aliphatic carbocycles. The highest BCUT2D eigenvalue weighted by Crippen LogP contribution is 2.34. The third kappa shape index (κ3) is 15.8. The molecule has 4 aromatic heterocycles. The SMILES string of the molecule is C.Fc1ccc2c(c1CCc1ncc(C3=CCCCC3)c3nncn13)CCO2.O=C(OC(=O)c1ccccc1)c1ccccc1.O=C(c1ccccc1)N1CC=C(c2cnc(CCc3c(F)ccc4c3CCO4)n3cnnc23)CC1.O=CC(F)(F)F.[2H]CC. The van der Waals surface area contributed by atoms with Crippen molar-refractivity contribution in [2.24, 2.45) is 0 Å². The minimum atomic E-state index is -4.64. The van der Waals surface area contributed by atoms with Crippen molar-refractivity contribution in [3.05, 3.63) is 226 Å². The highest BCUT2D eigenvalue weighted by molar-refractivity contribution is 6.02. The van der Waals surface area contributed by atoms with Crippen molar-refractivity contribution in [1.82, 2.24) is 44.1 Å². The van der Waals surface area contributed by atoms with Gasteiger partial charge in [-0.15, -0.1) is 20.4 Å². The van der Waals surface area contributed by atoms with E-state index in [9.17, 15) is 36.3 Å². The monoisotopic (exact) mass is 1200 g/mol. The maximum Gasteiger partial charge on any atom is 0.446 e. The molecule has 0 atom stereocenters. The zero-order chi connectivity index (χ0) is 62.0. The van der Waals surface area contributed by atoms with Crippen LogP contribution in [0.3, 0.4) is 0 Å². The van der Waals surface area contributed by atoms with E-state index < -0.39 is 24.4 Å². The number of amides is 1. The maximum absolute atomic E-state index is 14.6. The van der Waals surface area contributed by atoms with Gasteiger partial charge in [0.2, 0.25) is 6.29 Å². The number of hydrogen-bond donors (Lipinski definition) is 0. The highest BCUT2D eigenvalue weighted by atomic mass is 19.4. The summed E-state index contributed by atoms with van der Waals surface area (Å²) in [7, 11) is 0. The molecule has 0 spiro atoms. The number of hydrogen-bond acceptors (Lipinski definition) is 13. The fraction of sp³-hybridized carbons (Fsp3) is 0.284. The summed E-state index contributed by atoms with van der Waals surface area (Å²) in [6, 6.07) is 32.6. The van der Waals surface area contributed by atoms with Crippen LogP contribution < -0.4 is 9.47 Å². The van der Waals surface area contributed by atoms with Crippen LogP contribution >= 0.6 is 0 Å². The van der Waals surface area contributed by atoms with Crippen molar-refractivity contribution in [1.29, 1.82) is 0 Å². The first-order chi connectivity index (χ1) is 42.7. The number of halogens is 5. The summed E-state index contributed by atoms with van der Waals surface area (Å²) in [5.74, 6) is 1.62. The molecule has 0 saturated carbocycles.